The van der Waals surface area contributed by atoms with Gasteiger partial charge in [0, 0.05) is 10.7 Å². The van der Waals surface area contributed by atoms with Crippen LogP contribution in [0.1, 0.15) is 16.2 Å². The second-order valence-corrected chi connectivity index (χ2v) is 5.83. The van der Waals surface area contributed by atoms with Gasteiger partial charge >= 0.3 is 5.97 Å². The number of esters is 1. The zero-order valence-corrected chi connectivity index (χ0v) is 14.6. The Morgan fingerprint density at radius 2 is 1.88 bits per heavy atom. The number of para-hydroxylation sites is 1. The maximum Gasteiger partial charge on any atom is 0.361 e. The summed E-state index contributed by atoms with van der Waals surface area (Å²) in [6.07, 6.45) is 0. The molecule has 1 amide bonds. The monoisotopic (exact) mass is 370 g/mol. The summed E-state index contributed by atoms with van der Waals surface area (Å²) in [6.45, 7) is 1.21. The zero-order valence-electron chi connectivity index (χ0n) is 13.8. The molecule has 0 bridgehead atoms. The maximum absolute atomic E-state index is 12.2. The normalized spacial score (nSPS) is 10.4. The van der Waals surface area contributed by atoms with Crippen LogP contribution in [0.25, 0.3) is 5.69 Å². The molecule has 1 N–H and O–H groups in total. The van der Waals surface area contributed by atoms with Crippen LogP contribution in [0.4, 0.5) is 5.69 Å². The number of hydrogen-bond acceptors (Lipinski definition) is 5. The van der Waals surface area contributed by atoms with Gasteiger partial charge in [-0.15, -0.1) is 5.10 Å². The number of aryl methyl sites for hydroxylation is 1. The number of carbonyl (C=O) groups excluding carboxylic acids is 2. The summed E-state index contributed by atoms with van der Waals surface area (Å²) >= 11 is 5.85. The molecule has 0 aliphatic heterocycles. The summed E-state index contributed by atoms with van der Waals surface area (Å²) in [7, 11) is 0. The number of nitrogens with one attached hydrogen (secondary N) is 1. The fraction of sp³-hybridized carbons (Fsp3) is 0.111. The van der Waals surface area contributed by atoms with Gasteiger partial charge in [0.05, 0.1) is 11.4 Å². The molecule has 0 saturated carbocycles. The summed E-state index contributed by atoms with van der Waals surface area (Å²) in [5, 5.41) is 11.4. The third kappa shape index (κ3) is 4.25. The molecule has 26 heavy (non-hydrogen) atoms. The molecule has 0 atom stereocenters. The number of anilines is 1. The molecule has 7 nitrogen and oxygen atoms in total. The van der Waals surface area contributed by atoms with Crippen LogP contribution in [0.15, 0.2) is 54.6 Å². The van der Waals surface area contributed by atoms with E-state index < -0.39 is 18.5 Å². The second-order valence-electron chi connectivity index (χ2n) is 5.39. The van der Waals surface area contributed by atoms with E-state index in [2.05, 4.69) is 15.5 Å². The van der Waals surface area contributed by atoms with Crippen molar-refractivity contribution in [3.8, 4) is 5.69 Å². The van der Waals surface area contributed by atoms with Crippen LogP contribution in [-0.2, 0) is 9.53 Å². The topological polar surface area (TPSA) is 86.1 Å². The van der Waals surface area contributed by atoms with Crippen molar-refractivity contribution in [2.45, 2.75) is 6.92 Å². The fourth-order valence-electron chi connectivity index (χ4n) is 2.21. The van der Waals surface area contributed by atoms with Gasteiger partial charge in [-0.1, -0.05) is 35.9 Å². The predicted molar refractivity (Wildman–Crippen MR) is 96.5 cm³/mol. The lowest BCUT2D eigenvalue weighted by molar-refractivity contribution is -0.119. The van der Waals surface area contributed by atoms with Gasteiger partial charge in [0.1, 0.15) is 0 Å². The Morgan fingerprint density at radius 1 is 1.12 bits per heavy atom. The number of aromatic nitrogens is 3. The molecule has 0 fully saturated rings. The minimum absolute atomic E-state index is 0.0596. The van der Waals surface area contributed by atoms with Gasteiger partial charge in [-0.25, -0.2) is 4.79 Å². The van der Waals surface area contributed by atoms with E-state index in [1.807, 2.05) is 30.3 Å². The van der Waals surface area contributed by atoms with E-state index in [0.29, 0.717) is 22.1 Å². The molecule has 0 aliphatic rings. The van der Waals surface area contributed by atoms with Crippen molar-refractivity contribution >= 4 is 29.2 Å². The first-order chi connectivity index (χ1) is 12.5. The van der Waals surface area contributed by atoms with Crippen LogP contribution in [0, 0.1) is 6.92 Å². The van der Waals surface area contributed by atoms with Crippen molar-refractivity contribution in [2.24, 2.45) is 0 Å². The molecule has 132 valence electrons. The summed E-state index contributed by atoms with van der Waals surface area (Å²) in [5.41, 5.74) is 1.71. The van der Waals surface area contributed by atoms with Crippen molar-refractivity contribution in [2.75, 3.05) is 11.9 Å². The Hall–Kier alpha value is -3.19. The number of benzene rings is 2. The van der Waals surface area contributed by atoms with Crippen LogP contribution in [-0.4, -0.2) is 33.5 Å². The molecule has 8 heteroatoms. The summed E-state index contributed by atoms with van der Waals surface area (Å²) < 4.78 is 5.02. The summed E-state index contributed by atoms with van der Waals surface area (Å²) in [5.74, 6) is -1.19. The van der Waals surface area contributed by atoms with Crippen molar-refractivity contribution in [1.29, 1.82) is 0 Å². The van der Waals surface area contributed by atoms with Crippen molar-refractivity contribution in [1.82, 2.24) is 15.0 Å². The Kier molecular flexibility index (Phi) is 5.28. The molecule has 2 aromatic carbocycles. The van der Waals surface area contributed by atoms with Crippen molar-refractivity contribution < 1.29 is 14.3 Å². The third-order valence-corrected chi connectivity index (χ3v) is 3.64. The van der Waals surface area contributed by atoms with Gasteiger partial charge in [0.25, 0.3) is 5.91 Å². The van der Waals surface area contributed by atoms with E-state index in [0.717, 1.165) is 0 Å². The average Bonchev–Trinajstić information content (AvgIpc) is 3.02. The highest BCUT2D eigenvalue weighted by Gasteiger charge is 2.19. The molecule has 0 unspecified atom stereocenters. The van der Waals surface area contributed by atoms with E-state index in [1.165, 1.54) is 4.80 Å². The lowest BCUT2D eigenvalue weighted by Gasteiger charge is -2.06. The van der Waals surface area contributed by atoms with E-state index in [9.17, 15) is 9.59 Å². The van der Waals surface area contributed by atoms with E-state index in [4.69, 9.17) is 16.3 Å². The second kappa shape index (κ2) is 7.79. The van der Waals surface area contributed by atoms with Crippen LogP contribution < -0.4 is 5.32 Å². The van der Waals surface area contributed by atoms with Crippen LogP contribution in [0.5, 0.6) is 0 Å². The summed E-state index contributed by atoms with van der Waals surface area (Å²) in [4.78, 5) is 25.4. The van der Waals surface area contributed by atoms with E-state index in [-0.39, 0.29) is 5.69 Å². The smallest absolute Gasteiger partial charge is 0.361 e. The van der Waals surface area contributed by atoms with Gasteiger partial charge in [-0.05, 0) is 37.3 Å². The van der Waals surface area contributed by atoms with Gasteiger partial charge in [0.2, 0.25) is 0 Å². The average molecular weight is 371 g/mol. The molecule has 0 spiro atoms. The number of rotatable bonds is 5. The van der Waals surface area contributed by atoms with Crippen LogP contribution >= 0.6 is 11.6 Å². The largest absolute Gasteiger partial charge is 0.451 e. The van der Waals surface area contributed by atoms with Crippen LogP contribution in [0.3, 0.4) is 0 Å². The third-order valence-electron chi connectivity index (χ3n) is 3.41. The fourth-order valence-corrected chi connectivity index (χ4v) is 2.40. The minimum Gasteiger partial charge on any atom is -0.451 e. The van der Waals surface area contributed by atoms with E-state index in [1.54, 1.807) is 31.2 Å². The quantitative estimate of drug-likeness (QED) is 0.698. The van der Waals surface area contributed by atoms with Gasteiger partial charge in [-0.2, -0.15) is 9.90 Å². The number of amides is 1. The SMILES string of the molecule is Cc1nn(-c2ccccc2)nc1C(=O)OCC(=O)Nc1cccc(Cl)c1. The Balaban J connectivity index is 1.61. The molecule has 1 heterocycles. The molecule has 0 saturated heterocycles. The molecule has 1 aromatic heterocycles. The van der Waals surface area contributed by atoms with Gasteiger partial charge < -0.3 is 10.1 Å². The minimum atomic E-state index is -0.717. The summed E-state index contributed by atoms with van der Waals surface area (Å²) in [6, 6.07) is 15.8. The first-order valence-corrected chi connectivity index (χ1v) is 8.12. The molecular weight excluding hydrogens is 356 g/mol. The number of ether oxygens (including phenoxy) is 1. The number of nitrogens with zero attached hydrogens (tertiary/aromatic N) is 3. The molecular formula is C18H15ClN4O3. The Morgan fingerprint density at radius 3 is 2.62 bits per heavy atom. The molecule has 3 aromatic rings. The highest BCUT2D eigenvalue weighted by Crippen LogP contribution is 2.15. The lowest BCUT2D eigenvalue weighted by atomic mass is 10.3. The predicted octanol–water partition coefficient (Wildman–Crippen LogP) is 3.02. The van der Waals surface area contributed by atoms with Gasteiger partial charge in [-0.3, -0.25) is 4.79 Å². The first kappa shape index (κ1) is 17.6. The number of halogens is 1. The lowest BCUT2D eigenvalue weighted by Crippen LogP contribution is -2.21. The molecule has 0 radical (unpaired) electrons. The number of carbonyl (C=O) groups is 2. The maximum atomic E-state index is 12.2. The highest BCUT2D eigenvalue weighted by atomic mass is 35.5. The Bertz CT molecular complexity index is 941. The van der Waals surface area contributed by atoms with Crippen molar-refractivity contribution in [3.63, 3.8) is 0 Å². The van der Waals surface area contributed by atoms with Crippen molar-refractivity contribution in [3.05, 3.63) is 71.0 Å². The van der Waals surface area contributed by atoms with Gasteiger partial charge in [0.15, 0.2) is 12.3 Å². The molecule has 0 aliphatic carbocycles. The standard InChI is InChI=1S/C18H15ClN4O3/c1-12-17(22-23(21-12)15-8-3-2-4-9-15)18(25)26-11-16(24)20-14-7-5-6-13(19)10-14/h2-10H,11H2,1H3,(H,20,24). The van der Waals surface area contributed by atoms with E-state index >= 15 is 0 Å². The van der Waals surface area contributed by atoms with Crippen LogP contribution in [0.2, 0.25) is 5.02 Å². The number of hydrogen-bond donors (Lipinski definition) is 1. The highest BCUT2D eigenvalue weighted by molar-refractivity contribution is 6.30. The first-order valence-electron chi connectivity index (χ1n) is 7.75. The Labute approximate surface area is 154 Å². The zero-order chi connectivity index (χ0) is 18.5. The molecule has 3 rings (SSSR count).